The Hall–Kier alpha value is -1.02. The normalized spacial score (nSPS) is 12.4. The van der Waals surface area contributed by atoms with Crippen molar-refractivity contribution in [2.75, 3.05) is 32.2 Å². The van der Waals surface area contributed by atoms with Crippen LogP contribution in [0.15, 0.2) is 5.38 Å². The molecule has 1 heterocycles. The highest BCUT2D eigenvalue weighted by atomic mass is 32.1. The van der Waals surface area contributed by atoms with Crippen molar-refractivity contribution < 1.29 is 14.3 Å². The van der Waals surface area contributed by atoms with Crippen LogP contribution in [-0.4, -0.2) is 37.8 Å². The van der Waals surface area contributed by atoms with Crippen LogP contribution in [0, 0.1) is 0 Å². The number of methoxy groups -OCH3 is 1. The second-order valence-electron chi connectivity index (χ2n) is 3.46. The molecule has 0 aliphatic carbocycles. The fourth-order valence-electron chi connectivity index (χ4n) is 1.02. The van der Waals surface area contributed by atoms with E-state index in [-0.39, 0.29) is 18.6 Å². The first-order chi connectivity index (χ1) is 8.13. The van der Waals surface area contributed by atoms with Crippen molar-refractivity contribution in [3.63, 3.8) is 0 Å². The van der Waals surface area contributed by atoms with Crippen LogP contribution in [0.2, 0.25) is 0 Å². The molecule has 1 amide bonds. The largest absolute Gasteiger partial charge is 0.382 e. The minimum Gasteiger partial charge on any atom is -0.382 e. The number of nitrogens with one attached hydrogen (secondary N) is 1. The Kier molecular flexibility index (Phi) is 6.06. The zero-order valence-corrected chi connectivity index (χ0v) is 10.8. The Labute approximate surface area is 104 Å². The molecule has 0 aliphatic heterocycles. The van der Waals surface area contributed by atoms with E-state index in [0.29, 0.717) is 18.3 Å². The highest BCUT2D eigenvalue weighted by Gasteiger charge is 2.08. The Morgan fingerprint density at radius 1 is 1.65 bits per heavy atom. The highest BCUT2D eigenvalue weighted by Crippen LogP contribution is 2.18. The summed E-state index contributed by atoms with van der Waals surface area (Å²) < 4.78 is 9.87. The Bertz CT molecular complexity index is 354. The number of amides is 1. The molecule has 0 bridgehead atoms. The van der Waals surface area contributed by atoms with Crippen LogP contribution in [-0.2, 0) is 14.3 Å². The van der Waals surface area contributed by atoms with Gasteiger partial charge in [-0.25, -0.2) is 4.98 Å². The lowest BCUT2D eigenvalue weighted by Gasteiger charge is -2.03. The maximum Gasteiger partial charge on any atom is 0.252 e. The summed E-state index contributed by atoms with van der Waals surface area (Å²) in [5.74, 6) is -0.230. The molecule has 0 saturated carbocycles. The Balaban J connectivity index is 2.29. The van der Waals surface area contributed by atoms with E-state index in [1.165, 1.54) is 11.3 Å². The van der Waals surface area contributed by atoms with Crippen LogP contribution in [0.3, 0.4) is 0 Å². The number of hydrogen-bond acceptors (Lipinski definition) is 6. The zero-order valence-electron chi connectivity index (χ0n) is 9.93. The molecule has 7 heteroatoms. The maximum atomic E-state index is 11.4. The van der Waals surface area contributed by atoms with E-state index in [9.17, 15) is 4.79 Å². The summed E-state index contributed by atoms with van der Waals surface area (Å²) >= 11 is 1.35. The number of carbonyl (C=O) groups is 1. The predicted octanol–water partition coefficient (Wildman–Crippen LogP) is 0.764. The summed E-state index contributed by atoms with van der Waals surface area (Å²) in [5.41, 5.74) is 6.43. The van der Waals surface area contributed by atoms with Gasteiger partial charge in [-0.05, 0) is 6.92 Å². The van der Waals surface area contributed by atoms with Gasteiger partial charge in [0.2, 0.25) is 0 Å². The van der Waals surface area contributed by atoms with Crippen LogP contribution < -0.4 is 11.1 Å². The molecular weight excluding hydrogens is 242 g/mol. The van der Waals surface area contributed by atoms with Gasteiger partial charge in [0, 0.05) is 18.5 Å². The smallest absolute Gasteiger partial charge is 0.252 e. The molecule has 0 spiro atoms. The lowest BCUT2D eigenvalue weighted by Crippen LogP contribution is -2.19. The maximum absolute atomic E-state index is 11.4. The molecule has 1 rings (SSSR count). The van der Waals surface area contributed by atoms with Gasteiger partial charge in [-0.1, -0.05) is 0 Å². The quantitative estimate of drug-likeness (QED) is 0.706. The van der Waals surface area contributed by atoms with Gasteiger partial charge < -0.3 is 15.2 Å². The monoisotopic (exact) mass is 259 g/mol. The Morgan fingerprint density at radius 2 is 2.41 bits per heavy atom. The molecule has 1 aromatic heterocycles. The van der Waals surface area contributed by atoms with Gasteiger partial charge in [-0.3, -0.25) is 10.1 Å². The molecule has 17 heavy (non-hydrogen) atoms. The summed E-state index contributed by atoms with van der Waals surface area (Å²) in [6.45, 7) is 2.71. The minimum atomic E-state index is -0.230. The van der Waals surface area contributed by atoms with Crippen LogP contribution in [0.5, 0.6) is 0 Å². The highest BCUT2D eigenvalue weighted by molar-refractivity contribution is 7.13. The number of aromatic nitrogens is 1. The molecule has 1 aromatic rings. The van der Waals surface area contributed by atoms with E-state index in [1.807, 2.05) is 12.3 Å². The van der Waals surface area contributed by atoms with E-state index in [4.69, 9.17) is 15.2 Å². The van der Waals surface area contributed by atoms with Gasteiger partial charge >= 0.3 is 0 Å². The fraction of sp³-hybridized carbons (Fsp3) is 0.600. The zero-order chi connectivity index (χ0) is 12.7. The lowest BCUT2D eigenvalue weighted by molar-refractivity contribution is -0.121. The molecule has 1 unspecified atom stereocenters. The molecule has 0 radical (unpaired) electrons. The number of nitrogens with zero attached hydrogens (tertiary/aromatic N) is 1. The van der Waals surface area contributed by atoms with Crippen LogP contribution in [0.4, 0.5) is 5.13 Å². The molecular formula is C10H17N3O3S. The number of hydrogen-bond donors (Lipinski definition) is 2. The van der Waals surface area contributed by atoms with Gasteiger partial charge in [0.05, 0.1) is 18.9 Å². The summed E-state index contributed by atoms with van der Waals surface area (Å²) in [6.07, 6.45) is 0. The molecule has 0 saturated heterocycles. The second-order valence-corrected chi connectivity index (χ2v) is 4.32. The number of thiazole rings is 1. The van der Waals surface area contributed by atoms with Crippen molar-refractivity contribution in [1.29, 1.82) is 0 Å². The van der Waals surface area contributed by atoms with Crippen LogP contribution >= 0.6 is 11.3 Å². The number of ether oxygens (including phenoxy) is 2. The van der Waals surface area contributed by atoms with Gasteiger partial charge in [0.15, 0.2) is 5.13 Å². The van der Waals surface area contributed by atoms with Crippen molar-refractivity contribution in [3.05, 3.63) is 11.1 Å². The third-order valence-electron chi connectivity index (χ3n) is 1.90. The van der Waals surface area contributed by atoms with Crippen LogP contribution in [0.25, 0.3) is 0 Å². The molecule has 0 fully saturated rings. The number of nitrogens with two attached hydrogens (primary N) is 1. The molecule has 1 atom stereocenters. The van der Waals surface area contributed by atoms with E-state index in [1.54, 1.807) is 7.11 Å². The fourth-order valence-corrected chi connectivity index (χ4v) is 1.85. The SMILES string of the molecule is COCCOCC(=O)Nc1nc(C(C)N)cs1. The van der Waals surface area contributed by atoms with Gasteiger partial charge in [0.1, 0.15) is 6.61 Å². The second kappa shape index (κ2) is 7.33. The summed E-state index contributed by atoms with van der Waals surface area (Å²) in [6, 6.07) is -0.130. The van der Waals surface area contributed by atoms with Crippen molar-refractivity contribution >= 4 is 22.4 Å². The molecule has 3 N–H and O–H groups in total. The van der Waals surface area contributed by atoms with Gasteiger partial charge in [0.25, 0.3) is 5.91 Å². The van der Waals surface area contributed by atoms with Crippen molar-refractivity contribution in [3.8, 4) is 0 Å². The predicted molar refractivity (Wildman–Crippen MR) is 66.0 cm³/mol. The summed E-state index contributed by atoms with van der Waals surface area (Å²) in [4.78, 5) is 15.6. The first kappa shape index (κ1) is 14.0. The minimum absolute atomic E-state index is 0.00352. The van der Waals surface area contributed by atoms with Gasteiger partial charge in [-0.2, -0.15) is 0 Å². The lowest BCUT2D eigenvalue weighted by atomic mass is 10.3. The first-order valence-electron chi connectivity index (χ1n) is 5.21. The standard InChI is InChI=1S/C10H17N3O3S/c1-7(11)8-6-17-10(12-8)13-9(14)5-16-4-3-15-2/h6-7H,3-5,11H2,1-2H3,(H,12,13,14). The van der Waals surface area contributed by atoms with Crippen molar-refractivity contribution in [2.24, 2.45) is 5.73 Å². The summed E-state index contributed by atoms with van der Waals surface area (Å²) in [7, 11) is 1.58. The van der Waals surface area contributed by atoms with Crippen molar-refractivity contribution in [2.45, 2.75) is 13.0 Å². The van der Waals surface area contributed by atoms with E-state index in [2.05, 4.69) is 10.3 Å². The molecule has 0 aliphatic rings. The number of carbonyl (C=O) groups excluding carboxylic acids is 1. The Morgan fingerprint density at radius 3 is 3.00 bits per heavy atom. The van der Waals surface area contributed by atoms with Gasteiger partial charge in [-0.15, -0.1) is 11.3 Å². The average Bonchev–Trinajstić information content (AvgIpc) is 2.73. The number of rotatable bonds is 7. The molecule has 6 nitrogen and oxygen atoms in total. The van der Waals surface area contributed by atoms with Crippen LogP contribution in [0.1, 0.15) is 18.7 Å². The van der Waals surface area contributed by atoms with E-state index in [0.717, 1.165) is 5.69 Å². The van der Waals surface area contributed by atoms with E-state index >= 15 is 0 Å². The number of anilines is 1. The van der Waals surface area contributed by atoms with Crippen molar-refractivity contribution in [1.82, 2.24) is 4.98 Å². The third-order valence-corrected chi connectivity index (χ3v) is 2.68. The van der Waals surface area contributed by atoms with E-state index < -0.39 is 0 Å². The average molecular weight is 259 g/mol. The molecule has 96 valence electrons. The summed E-state index contributed by atoms with van der Waals surface area (Å²) in [5, 5.41) is 5.01. The first-order valence-corrected chi connectivity index (χ1v) is 6.09. The third kappa shape index (κ3) is 5.22. The molecule has 0 aromatic carbocycles. The topological polar surface area (TPSA) is 86.5 Å².